The molecular weight excluding hydrogens is 312 g/mol. The van der Waals surface area contributed by atoms with Crippen LogP contribution < -0.4 is 0 Å². The Hall–Kier alpha value is -1.30. The van der Waals surface area contributed by atoms with Gasteiger partial charge in [-0.3, -0.25) is 0 Å². The molecule has 26 heavy (non-hydrogen) atoms. The molecule has 0 aromatic heterocycles. The molecule has 0 amide bonds. The van der Waals surface area contributed by atoms with Crippen LogP contribution in [0.5, 0.6) is 0 Å². The zero-order chi connectivity index (χ0) is 18.4. The fraction of sp³-hybridized carbons (Fsp3) is 0.615. The van der Waals surface area contributed by atoms with Crippen molar-refractivity contribution in [1.29, 1.82) is 0 Å². The topological polar surface area (TPSA) is 0 Å². The van der Waals surface area contributed by atoms with E-state index in [1.807, 2.05) is 0 Å². The molecule has 142 valence electrons. The third-order valence-electron chi connectivity index (χ3n) is 6.87. The predicted molar refractivity (Wildman–Crippen MR) is 116 cm³/mol. The second-order valence-corrected chi connectivity index (χ2v) is 9.08. The summed E-state index contributed by atoms with van der Waals surface area (Å²) >= 11 is 0. The van der Waals surface area contributed by atoms with Gasteiger partial charge in [-0.2, -0.15) is 0 Å². The lowest BCUT2D eigenvalue weighted by Gasteiger charge is -2.25. The van der Waals surface area contributed by atoms with E-state index in [-0.39, 0.29) is 0 Å². The molecule has 2 aromatic carbocycles. The highest BCUT2D eigenvalue weighted by molar-refractivity contribution is 5.86. The fourth-order valence-electron chi connectivity index (χ4n) is 5.09. The van der Waals surface area contributed by atoms with Crippen molar-refractivity contribution in [1.82, 2.24) is 0 Å². The zero-order valence-electron chi connectivity index (χ0n) is 17.2. The Morgan fingerprint density at radius 2 is 1.77 bits per heavy atom. The van der Waals surface area contributed by atoms with E-state index in [0.29, 0.717) is 0 Å². The van der Waals surface area contributed by atoms with E-state index >= 15 is 0 Å². The molecule has 0 heterocycles. The minimum atomic E-state index is 0.717. The van der Waals surface area contributed by atoms with Gasteiger partial charge in [-0.1, -0.05) is 95.3 Å². The van der Waals surface area contributed by atoms with Gasteiger partial charge in [0.25, 0.3) is 0 Å². The molecule has 1 fully saturated rings. The van der Waals surface area contributed by atoms with Crippen LogP contribution in [-0.2, 0) is 0 Å². The van der Waals surface area contributed by atoms with Crippen LogP contribution in [0.1, 0.15) is 90.0 Å². The van der Waals surface area contributed by atoms with Crippen LogP contribution in [0.2, 0.25) is 0 Å². The van der Waals surface area contributed by atoms with Crippen LogP contribution >= 0.6 is 0 Å². The van der Waals surface area contributed by atoms with Crippen molar-refractivity contribution >= 4 is 10.8 Å². The van der Waals surface area contributed by atoms with Crippen LogP contribution in [0.3, 0.4) is 0 Å². The zero-order valence-corrected chi connectivity index (χ0v) is 17.2. The van der Waals surface area contributed by atoms with Gasteiger partial charge in [0, 0.05) is 0 Å². The van der Waals surface area contributed by atoms with E-state index < -0.39 is 0 Å². The molecule has 2 aromatic rings. The Morgan fingerprint density at radius 3 is 2.62 bits per heavy atom. The lowest BCUT2D eigenvalue weighted by atomic mass is 9.80. The molecule has 3 rings (SSSR count). The Balaban J connectivity index is 1.78. The smallest absolute Gasteiger partial charge is 0.0149 e. The molecule has 0 heteroatoms. The summed E-state index contributed by atoms with van der Waals surface area (Å²) in [4.78, 5) is 0. The highest BCUT2D eigenvalue weighted by Crippen LogP contribution is 2.38. The highest BCUT2D eigenvalue weighted by Gasteiger charge is 2.21. The molecule has 0 radical (unpaired) electrons. The van der Waals surface area contributed by atoms with E-state index in [9.17, 15) is 0 Å². The Bertz CT molecular complexity index is 665. The Labute approximate surface area is 161 Å². The molecule has 0 aliphatic heterocycles. The highest BCUT2D eigenvalue weighted by atomic mass is 14.3. The van der Waals surface area contributed by atoms with Crippen molar-refractivity contribution in [2.45, 2.75) is 84.5 Å². The van der Waals surface area contributed by atoms with Crippen molar-refractivity contribution in [3.8, 4) is 0 Å². The summed E-state index contributed by atoms with van der Waals surface area (Å²) in [6.45, 7) is 7.25. The number of rotatable bonds is 7. The maximum absolute atomic E-state index is 2.47. The second-order valence-electron chi connectivity index (χ2n) is 9.08. The number of benzene rings is 2. The summed E-state index contributed by atoms with van der Waals surface area (Å²) in [5.74, 6) is 3.43. The van der Waals surface area contributed by atoms with Gasteiger partial charge in [0.2, 0.25) is 0 Å². The standard InChI is InChI=1S/C26H38/c1-4-20(2)19-24(17-16-22-11-6-5-10-21(3)18-22)26-15-9-13-23-12-7-8-14-25(23)26/h7-9,12-15,20-22,24H,4-6,10-11,16-19H2,1-3H3. The largest absolute Gasteiger partial charge is 0.0651 e. The molecule has 0 spiro atoms. The summed E-state index contributed by atoms with van der Waals surface area (Å²) in [6.07, 6.45) is 12.7. The van der Waals surface area contributed by atoms with E-state index in [0.717, 1.165) is 23.7 Å². The van der Waals surface area contributed by atoms with Gasteiger partial charge < -0.3 is 0 Å². The first-order valence-corrected chi connectivity index (χ1v) is 11.1. The maximum Gasteiger partial charge on any atom is -0.0149 e. The number of hydrogen-bond acceptors (Lipinski definition) is 0. The lowest BCUT2D eigenvalue weighted by Crippen LogP contribution is -2.10. The van der Waals surface area contributed by atoms with Crippen molar-refractivity contribution in [3.63, 3.8) is 0 Å². The van der Waals surface area contributed by atoms with Crippen LogP contribution in [0.4, 0.5) is 0 Å². The number of hydrogen-bond donors (Lipinski definition) is 0. The van der Waals surface area contributed by atoms with Crippen molar-refractivity contribution < 1.29 is 0 Å². The second kappa shape index (κ2) is 9.58. The normalized spacial score (nSPS) is 23.5. The molecular formula is C26H38. The van der Waals surface area contributed by atoms with Gasteiger partial charge >= 0.3 is 0 Å². The quantitative estimate of drug-likeness (QED) is 0.440. The first-order valence-electron chi connectivity index (χ1n) is 11.1. The third kappa shape index (κ3) is 5.12. The average Bonchev–Trinajstić information content (AvgIpc) is 2.88. The summed E-state index contributed by atoms with van der Waals surface area (Å²) in [6, 6.07) is 15.9. The monoisotopic (exact) mass is 350 g/mol. The van der Waals surface area contributed by atoms with Crippen molar-refractivity contribution in [2.75, 3.05) is 0 Å². The molecule has 1 saturated carbocycles. The van der Waals surface area contributed by atoms with Crippen LogP contribution in [-0.4, -0.2) is 0 Å². The minimum Gasteiger partial charge on any atom is -0.0651 e. The van der Waals surface area contributed by atoms with Crippen molar-refractivity contribution in [2.24, 2.45) is 17.8 Å². The molecule has 4 atom stereocenters. The maximum atomic E-state index is 2.47. The summed E-state index contributed by atoms with van der Waals surface area (Å²) < 4.78 is 0. The van der Waals surface area contributed by atoms with Crippen LogP contribution in [0.25, 0.3) is 10.8 Å². The molecule has 1 aliphatic rings. The summed E-state index contributed by atoms with van der Waals surface area (Å²) in [5, 5.41) is 2.89. The van der Waals surface area contributed by atoms with Gasteiger partial charge in [-0.25, -0.2) is 0 Å². The van der Waals surface area contributed by atoms with Gasteiger partial charge in [0.05, 0.1) is 0 Å². The fourth-order valence-corrected chi connectivity index (χ4v) is 5.09. The van der Waals surface area contributed by atoms with Crippen LogP contribution in [0, 0.1) is 17.8 Å². The summed E-state index contributed by atoms with van der Waals surface area (Å²) in [7, 11) is 0. The van der Waals surface area contributed by atoms with E-state index in [4.69, 9.17) is 0 Å². The number of fused-ring (bicyclic) bond motifs is 1. The molecule has 0 nitrogen and oxygen atoms in total. The first kappa shape index (κ1) is 19.5. The van der Waals surface area contributed by atoms with Gasteiger partial charge in [0.1, 0.15) is 0 Å². The summed E-state index contributed by atoms with van der Waals surface area (Å²) in [5.41, 5.74) is 1.60. The molecule has 0 saturated heterocycles. The van der Waals surface area contributed by atoms with E-state index in [2.05, 4.69) is 63.2 Å². The predicted octanol–water partition coefficient (Wildman–Crippen LogP) is 8.36. The minimum absolute atomic E-state index is 0.717. The van der Waals surface area contributed by atoms with Gasteiger partial charge in [-0.05, 0) is 65.7 Å². The van der Waals surface area contributed by atoms with Crippen LogP contribution in [0.15, 0.2) is 42.5 Å². The molecule has 0 N–H and O–H groups in total. The van der Waals surface area contributed by atoms with Crippen molar-refractivity contribution in [3.05, 3.63) is 48.0 Å². The Morgan fingerprint density at radius 1 is 1.00 bits per heavy atom. The lowest BCUT2D eigenvalue weighted by molar-refractivity contribution is 0.339. The molecule has 0 bridgehead atoms. The first-order chi connectivity index (χ1) is 12.7. The SMILES string of the molecule is CCC(C)CC(CCC1CCCCC(C)C1)c1cccc2ccccc12. The Kier molecular flexibility index (Phi) is 7.17. The van der Waals surface area contributed by atoms with E-state index in [1.54, 1.807) is 5.56 Å². The molecule has 1 aliphatic carbocycles. The molecule has 4 unspecified atom stereocenters. The van der Waals surface area contributed by atoms with Gasteiger partial charge in [0.15, 0.2) is 0 Å². The van der Waals surface area contributed by atoms with Gasteiger partial charge in [-0.15, -0.1) is 0 Å². The van der Waals surface area contributed by atoms with E-state index in [1.165, 1.54) is 68.6 Å². The third-order valence-corrected chi connectivity index (χ3v) is 6.87. The average molecular weight is 351 g/mol.